The normalized spacial score (nSPS) is 20.2. The number of aliphatic hydroxyl groups excluding tert-OH is 1. The van der Waals surface area contributed by atoms with Gasteiger partial charge in [0.1, 0.15) is 0 Å². The molecule has 0 saturated carbocycles. The van der Waals surface area contributed by atoms with Crippen LogP contribution in [0.3, 0.4) is 0 Å². The summed E-state index contributed by atoms with van der Waals surface area (Å²) < 4.78 is 5.16. The lowest BCUT2D eigenvalue weighted by Crippen LogP contribution is -2.13. The summed E-state index contributed by atoms with van der Waals surface area (Å²) in [7, 11) is 0. The van der Waals surface area contributed by atoms with Gasteiger partial charge < -0.3 is 15.6 Å². The maximum Gasteiger partial charge on any atom is 0.247 e. The summed E-state index contributed by atoms with van der Waals surface area (Å²) in [5, 5.41) is 9.36. The molecule has 0 amide bonds. The lowest BCUT2D eigenvalue weighted by molar-refractivity contribution is -0.123. The Bertz CT molecular complexity index is 509. The van der Waals surface area contributed by atoms with Crippen LogP contribution in [-0.2, 0) is 14.9 Å². The number of rotatable bonds is 1. The van der Waals surface area contributed by atoms with Crippen molar-refractivity contribution in [3.8, 4) is 0 Å². The van der Waals surface area contributed by atoms with E-state index >= 15 is 0 Å². The molecule has 4 nitrogen and oxygen atoms in total. The Hall–Kier alpha value is -1.97. The predicted octanol–water partition coefficient (Wildman–Crippen LogP) is 2.31. The zero-order valence-corrected chi connectivity index (χ0v) is 10.7. The van der Waals surface area contributed by atoms with E-state index in [2.05, 4.69) is 20.8 Å². The minimum atomic E-state index is -0.820. The maximum absolute atomic E-state index is 11.7. The molecule has 0 aromatic heterocycles. The number of ether oxygens (including phenoxy) is 1. The van der Waals surface area contributed by atoms with Gasteiger partial charge >= 0.3 is 0 Å². The third-order valence-electron chi connectivity index (χ3n) is 3.03. The molecule has 96 valence electrons. The van der Waals surface area contributed by atoms with Gasteiger partial charge in [0.05, 0.1) is 0 Å². The van der Waals surface area contributed by atoms with Gasteiger partial charge in [-0.1, -0.05) is 45.0 Å². The first kappa shape index (κ1) is 12.5. The summed E-state index contributed by atoms with van der Waals surface area (Å²) >= 11 is 0. The number of hydrogen-bond donors (Lipinski definition) is 2. The summed E-state index contributed by atoms with van der Waals surface area (Å²) in [4.78, 5) is 11.7. The van der Waals surface area contributed by atoms with Crippen molar-refractivity contribution in [3.05, 3.63) is 47.0 Å². The first-order valence-electron chi connectivity index (χ1n) is 5.80. The molecule has 1 aliphatic rings. The molecule has 4 heteroatoms. The van der Waals surface area contributed by atoms with Crippen molar-refractivity contribution in [3.63, 3.8) is 0 Å². The van der Waals surface area contributed by atoms with Gasteiger partial charge in [0.25, 0.3) is 0 Å². The molecule has 3 N–H and O–H groups in total. The van der Waals surface area contributed by atoms with Crippen LogP contribution in [0.2, 0.25) is 0 Å². The zero-order valence-electron chi connectivity index (χ0n) is 10.7. The third-order valence-corrected chi connectivity index (χ3v) is 3.03. The molecule has 0 unspecified atom stereocenters. The lowest BCUT2D eigenvalue weighted by atomic mass is 9.86. The van der Waals surface area contributed by atoms with Crippen LogP contribution in [0.5, 0.6) is 0 Å². The SMILES string of the molecule is CC(C)(C)c1ccc([C@@H]2OC(N)=C(O)C2=O)cc1. The predicted molar refractivity (Wildman–Crippen MR) is 67.8 cm³/mol. The van der Waals surface area contributed by atoms with Crippen LogP contribution in [0.25, 0.3) is 0 Å². The van der Waals surface area contributed by atoms with Gasteiger partial charge in [-0.2, -0.15) is 0 Å². The highest BCUT2D eigenvalue weighted by molar-refractivity contribution is 5.99. The van der Waals surface area contributed by atoms with Gasteiger partial charge in [0.15, 0.2) is 6.10 Å². The first-order valence-corrected chi connectivity index (χ1v) is 5.80. The number of Topliss-reactive ketones (excluding diaryl/α,β-unsaturated/α-hetero) is 1. The van der Waals surface area contributed by atoms with E-state index in [0.717, 1.165) is 0 Å². The Balaban J connectivity index is 2.25. The van der Waals surface area contributed by atoms with Gasteiger partial charge in [0.2, 0.25) is 17.4 Å². The van der Waals surface area contributed by atoms with E-state index in [0.29, 0.717) is 5.56 Å². The summed E-state index contributed by atoms with van der Waals surface area (Å²) in [6, 6.07) is 7.57. The average molecular weight is 247 g/mol. The maximum atomic E-state index is 11.7. The summed E-state index contributed by atoms with van der Waals surface area (Å²) in [6.07, 6.45) is -0.820. The largest absolute Gasteiger partial charge is 0.501 e. The van der Waals surface area contributed by atoms with E-state index in [-0.39, 0.29) is 11.3 Å². The lowest BCUT2D eigenvalue weighted by Gasteiger charge is -2.19. The van der Waals surface area contributed by atoms with Crippen LogP contribution in [0.1, 0.15) is 38.0 Å². The minimum Gasteiger partial charge on any atom is -0.501 e. The number of nitrogens with two attached hydrogens (primary N) is 1. The molecule has 0 fully saturated rings. The fraction of sp³-hybridized carbons (Fsp3) is 0.357. The molecule has 18 heavy (non-hydrogen) atoms. The first-order chi connectivity index (χ1) is 8.30. The van der Waals surface area contributed by atoms with Crippen molar-refractivity contribution in [2.45, 2.75) is 32.3 Å². The van der Waals surface area contributed by atoms with E-state index in [1.165, 1.54) is 5.56 Å². The molecule has 0 spiro atoms. The molecule has 0 bridgehead atoms. The second-order valence-electron chi connectivity index (χ2n) is 5.45. The number of carbonyl (C=O) groups is 1. The molecule has 1 atom stereocenters. The number of benzene rings is 1. The molecule has 2 rings (SSSR count). The molecule has 1 aromatic carbocycles. The standard InChI is InChI=1S/C14H17NO3/c1-14(2,3)9-6-4-8(5-7-9)12-10(16)11(17)13(15)18-12/h4-7,12,17H,15H2,1-3H3/t12-/m0/s1. The minimum absolute atomic E-state index is 0.0541. The highest BCUT2D eigenvalue weighted by atomic mass is 16.5. The number of aliphatic hydroxyl groups is 1. The quantitative estimate of drug-likeness (QED) is 0.798. The summed E-state index contributed by atoms with van der Waals surface area (Å²) in [5.74, 6) is -1.18. The third kappa shape index (κ3) is 2.06. The molecule has 1 aliphatic heterocycles. The van der Waals surface area contributed by atoms with Crippen molar-refractivity contribution in [1.82, 2.24) is 0 Å². The molecule has 0 aliphatic carbocycles. The monoisotopic (exact) mass is 247 g/mol. The Kier molecular flexibility index (Phi) is 2.81. The van der Waals surface area contributed by atoms with Crippen LogP contribution >= 0.6 is 0 Å². The number of ketones is 1. The molecule has 0 saturated heterocycles. The van der Waals surface area contributed by atoms with E-state index in [4.69, 9.17) is 10.5 Å². The van der Waals surface area contributed by atoms with Gasteiger partial charge in [-0.25, -0.2) is 0 Å². The highest BCUT2D eigenvalue weighted by Gasteiger charge is 2.35. The van der Waals surface area contributed by atoms with Crippen LogP contribution in [0.4, 0.5) is 0 Å². The smallest absolute Gasteiger partial charge is 0.247 e. The van der Waals surface area contributed by atoms with Crippen molar-refractivity contribution >= 4 is 5.78 Å². The average Bonchev–Trinajstić information content (AvgIpc) is 2.56. The summed E-state index contributed by atoms with van der Waals surface area (Å²) in [5.41, 5.74) is 7.30. The Labute approximate surface area is 106 Å². The van der Waals surface area contributed by atoms with Crippen molar-refractivity contribution in [1.29, 1.82) is 0 Å². The van der Waals surface area contributed by atoms with Gasteiger partial charge in [-0.3, -0.25) is 4.79 Å². The Morgan fingerprint density at radius 2 is 1.78 bits per heavy atom. The molecule has 1 aromatic rings. The van der Waals surface area contributed by atoms with Gasteiger partial charge in [0, 0.05) is 5.56 Å². The van der Waals surface area contributed by atoms with Crippen LogP contribution in [0, 0.1) is 0 Å². The molecular formula is C14H17NO3. The highest BCUT2D eigenvalue weighted by Crippen LogP contribution is 2.31. The van der Waals surface area contributed by atoms with Gasteiger partial charge in [-0.05, 0) is 11.0 Å². The van der Waals surface area contributed by atoms with E-state index in [1.54, 1.807) is 0 Å². The van der Waals surface area contributed by atoms with Crippen molar-refractivity contribution in [2.75, 3.05) is 0 Å². The fourth-order valence-corrected chi connectivity index (χ4v) is 1.86. The van der Waals surface area contributed by atoms with Crippen molar-refractivity contribution < 1.29 is 14.6 Å². The zero-order chi connectivity index (χ0) is 13.5. The van der Waals surface area contributed by atoms with Crippen LogP contribution in [-0.4, -0.2) is 10.9 Å². The second-order valence-corrected chi connectivity index (χ2v) is 5.45. The van der Waals surface area contributed by atoms with Crippen molar-refractivity contribution in [2.24, 2.45) is 5.73 Å². The van der Waals surface area contributed by atoms with Crippen LogP contribution in [0.15, 0.2) is 35.9 Å². The Morgan fingerprint density at radius 3 is 2.17 bits per heavy atom. The Morgan fingerprint density at radius 1 is 1.22 bits per heavy atom. The topological polar surface area (TPSA) is 72.6 Å². The van der Waals surface area contributed by atoms with Crippen LogP contribution < -0.4 is 5.73 Å². The number of hydrogen-bond acceptors (Lipinski definition) is 4. The number of carbonyl (C=O) groups excluding carboxylic acids is 1. The summed E-state index contributed by atoms with van der Waals surface area (Å²) in [6.45, 7) is 6.35. The molecule has 1 heterocycles. The van der Waals surface area contributed by atoms with E-state index < -0.39 is 17.6 Å². The second kappa shape index (κ2) is 4.05. The molecular weight excluding hydrogens is 230 g/mol. The van der Waals surface area contributed by atoms with E-state index in [9.17, 15) is 9.90 Å². The van der Waals surface area contributed by atoms with E-state index in [1.807, 2.05) is 24.3 Å². The fourth-order valence-electron chi connectivity index (χ4n) is 1.86. The van der Waals surface area contributed by atoms with Gasteiger partial charge in [-0.15, -0.1) is 0 Å². The molecule has 0 radical (unpaired) electrons.